The van der Waals surface area contributed by atoms with Gasteiger partial charge in [-0.25, -0.2) is 9.97 Å². The van der Waals surface area contributed by atoms with Crippen molar-refractivity contribution in [3.05, 3.63) is 35.7 Å². The van der Waals surface area contributed by atoms with Crippen molar-refractivity contribution in [2.24, 2.45) is 5.10 Å². The normalized spacial score (nSPS) is 11.2. The minimum Gasteiger partial charge on any atom is -0.508 e. The summed E-state index contributed by atoms with van der Waals surface area (Å²) in [5.41, 5.74) is 3.33. The predicted molar refractivity (Wildman–Crippen MR) is 91.4 cm³/mol. The number of phenols is 2. The van der Waals surface area contributed by atoms with Gasteiger partial charge in [0.1, 0.15) is 23.1 Å². The Kier molecular flexibility index (Phi) is 5.00. The Labute approximate surface area is 135 Å². The highest BCUT2D eigenvalue weighted by Gasteiger charge is 2.09. The first-order chi connectivity index (χ1) is 10.9. The minimum absolute atomic E-state index is 0.000564. The molecule has 0 spiro atoms. The van der Waals surface area contributed by atoms with Crippen LogP contribution >= 0.6 is 0 Å². The lowest BCUT2D eigenvalue weighted by atomic mass is 10.2. The highest BCUT2D eigenvalue weighted by Crippen LogP contribution is 2.21. The number of aromatic hydroxyl groups is 2. The van der Waals surface area contributed by atoms with E-state index in [-0.39, 0.29) is 17.4 Å². The number of phenolic OH excluding ortho intramolecular Hbond substituents is 2. The van der Waals surface area contributed by atoms with Gasteiger partial charge in [-0.15, -0.1) is 0 Å². The van der Waals surface area contributed by atoms with Crippen LogP contribution in [0.5, 0.6) is 11.5 Å². The fraction of sp³-hybridized carbons (Fsp3) is 0.312. The van der Waals surface area contributed by atoms with E-state index < -0.39 is 0 Å². The predicted octanol–water partition coefficient (Wildman–Crippen LogP) is 2.52. The van der Waals surface area contributed by atoms with E-state index in [1.165, 1.54) is 18.3 Å². The molecule has 1 heterocycles. The summed E-state index contributed by atoms with van der Waals surface area (Å²) in [4.78, 5) is 10.8. The molecule has 0 unspecified atom stereocenters. The van der Waals surface area contributed by atoms with Gasteiger partial charge >= 0.3 is 0 Å². The van der Waals surface area contributed by atoms with Crippen molar-refractivity contribution >= 4 is 17.9 Å². The fourth-order valence-electron chi connectivity index (χ4n) is 1.81. The maximum Gasteiger partial charge on any atom is 0.152 e. The maximum atomic E-state index is 9.71. The van der Waals surface area contributed by atoms with Crippen LogP contribution in [-0.2, 0) is 0 Å². The molecule has 3 N–H and O–H groups in total. The molecular weight excluding hydrogens is 294 g/mol. The second-order valence-electron chi connectivity index (χ2n) is 5.63. The maximum absolute atomic E-state index is 9.71. The SMILES string of the molecule is CC(C)c1nc(N/N=C/c2ccc(O)cc2O)cc(N(C)C)n1. The van der Waals surface area contributed by atoms with E-state index in [9.17, 15) is 10.2 Å². The Bertz CT molecular complexity index is 687. The number of benzene rings is 1. The first-order valence-corrected chi connectivity index (χ1v) is 7.24. The van der Waals surface area contributed by atoms with E-state index in [1.807, 2.05) is 32.8 Å². The summed E-state index contributed by atoms with van der Waals surface area (Å²) < 4.78 is 0. The minimum atomic E-state index is -0.0462. The smallest absolute Gasteiger partial charge is 0.152 e. The Balaban J connectivity index is 2.20. The zero-order valence-electron chi connectivity index (χ0n) is 13.6. The van der Waals surface area contributed by atoms with E-state index in [0.29, 0.717) is 11.4 Å². The van der Waals surface area contributed by atoms with Gasteiger partial charge in [0.25, 0.3) is 0 Å². The number of hydrogen-bond donors (Lipinski definition) is 3. The summed E-state index contributed by atoms with van der Waals surface area (Å²) in [6, 6.07) is 6.10. The number of nitrogens with zero attached hydrogens (tertiary/aromatic N) is 4. The lowest BCUT2D eigenvalue weighted by Gasteiger charge is -2.15. The van der Waals surface area contributed by atoms with Crippen LogP contribution < -0.4 is 10.3 Å². The lowest BCUT2D eigenvalue weighted by molar-refractivity contribution is 0.450. The number of hydrazone groups is 1. The number of hydrogen-bond acceptors (Lipinski definition) is 7. The molecule has 0 bridgehead atoms. The van der Waals surface area contributed by atoms with Crippen LogP contribution in [0.15, 0.2) is 29.4 Å². The molecule has 0 aliphatic heterocycles. The summed E-state index contributed by atoms with van der Waals surface area (Å²) >= 11 is 0. The molecule has 0 amide bonds. The van der Waals surface area contributed by atoms with Gasteiger partial charge in [0.15, 0.2) is 5.82 Å². The van der Waals surface area contributed by atoms with Crippen LogP contribution in [0.25, 0.3) is 0 Å². The van der Waals surface area contributed by atoms with Gasteiger partial charge < -0.3 is 15.1 Å². The standard InChI is InChI=1S/C16H21N5O2/c1-10(2)16-18-14(8-15(19-16)21(3)4)20-17-9-11-5-6-12(22)7-13(11)23/h5-10,22-23H,1-4H3,(H,18,19,20)/b17-9+. The van der Waals surface area contributed by atoms with Gasteiger partial charge in [-0.1, -0.05) is 13.8 Å². The van der Waals surface area contributed by atoms with E-state index in [2.05, 4.69) is 20.5 Å². The molecule has 0 radical (unpaired) electrons. The molecule has 2 aromatic rings. The summed E-state index contributed by atoms with van der Waals surface area (Å²) in [7, 11) is 3.82. The zero-order valence-corrected chi connectivity index (χ0v) is 13.6. The van der Waals surface area contributed by atoms with Gasteiger partial charge in [-0.3, -0.25) is 5.43 Å². The van der Waals surface area contributed by atoms with Crippen molar-refractivity contribution in [1.82, 2.24) is 9.97 Å². The largest absolute Gasteiger partial charge is 0.508 e. The average molecular weight is 315 g/mol. The van der Waals surface area contributed by atoms with Crippen molar-refractivity contribution in [2.45, 2.75) is 19.8 Å². The van der Waals surface area contributed by atoms with Gasteiger partial charge in [-0.2, -0.15) is 5.10 Å². The second kappa shape index (κ2) is 6.95. The Morgan fingerprint density at radius 3 is 2.52 bits per heavy atom. The molecule has 7 heteroatoms. The van der Waals surface area contributed by atoms with Gasteiger partial charge in [-0.05, 0) is 12.1 Å². The van der Waals surface area contributed by atoms with Crippen LogP contribution in [-0.4, -0.2) is 40.5 Å². The Hall–Kier alpha value is -2.83. The first kappa shape index (κ1) is 16.5. The van der Waals surface area contributed by atoms with E-state index in [1.54, 1.807) is 12.1 Å². The second-order valence-corrected chi connectivity index (χ2v) is 5.63. The lowest BCUT2D eigenvalue weighted by Crippen LogP contribution is -2.13. The summed E-state index contributed by atoms with van der Waals surface area (Å²) in [6.07, 6.45) is 1.46. The number of nitrogens with one attached hydrogen (secondary N) is 1. The molecule has 0 aliphatic rings. The molecule has 23 heavy (non-hydrogen) atoms. The molecule has 1 aromatic carbocycles. The van der Waals surface area contributed by atoms with Crippen LogP contribution in [0, 0.1) is 0 Å². The molecular formula is C16H21N5O2. The fourth-order valence-corrected chi connectivity index (χ4v) is 1.81. The molecule has 0 atom stereocenters. The Morgan fingerprint density at radius 1 is 1.17 bits per heavy atom. The van der Waals surface area contributed by atoms with Crippen molar-refractivity contribution in [1.29, 1.82) is 0 Å². The highest BCUT2D eigenvalue weighted by atomic mass is 16.3. The third-order valence-electron chi connectivity index (χ3n) is 3.10. The van der Waals surface area contributed by atoms with E-state index in [4.69, 9.17) is 0 Å². The monoisotopic (exact) mass is 315 g/mol. The molecule has 0 aliphatic carbocycles. The first-order valence-electron chi connectivity index (χ1n) is 7.24. The van der Waals surface area contributed by atoms with Crippen molar-refractivity contribution < 1.29 is 10.2 Å². The van der Waals surface area contributed by atoms with Crippen LogP contribution in [0.2, 0.25) is 0 Å². The molecule has 0 fully saturated rings. The summed E-state index contributed by atoms with van der Waals surface area (Å²) in [5, 5.41) is 23.1. The van der Waals surface area contributed by atoms with Crippen molar-refractivity contribution in [3.8, 4) is 11.5 Å². The summed E-state index contributed by atoms with van der Waals surface area (Å²) in [6.45, 7) is 4.05. The zero-order chi connectivity index (χ0) is 17.0. The van der Waals surface area contributed by atoms with Gasteiger partial charge in [0.2, 0.25) is 0 Å². The summed E-state index contributed by atoms with van der Waals surface area (Å²) in [5.74, 6) is 2.23. The molecule has 122 valence electrons. The molecule has 1 aromatic heterocycles. The number of rotatable bonds is 5. The van der Waals surface area contributed by atoms with Gasteiger partial charge in [0, 0.05) is 37.7 Å². The van der Waals surface area contributed by atoms with Crippen molar-refractivity contribution in [2.75, 3.05) is 24.4 Å². The third-order valence-corrected chi connectivity index (χ3v) is 3.10. The third kappa shape index (κ3) is 4.32. The van der Waals surface area contributed by atoms with Gasteiger partial charge in [0.05, 0.1) is 6.21 Å². The van der Waals surface area contributed by atoms with Crippen molar-refractivity contribution in [3.63, 3.8) is 0 Å². The quantitative estimate of drug-likeness (QED) is 0.580. The van der Waals surface area contributed by atoms with E-state index >= 15 is 0 Å². The topological polar surface area (TPSA) is 93.9 Å². The molecule has 2 rings (SSSR count). The number of aromatic nitrogens is 2. The highest BCUT2D eigenvalue weighted by molar-refractivity contribution is 5.84. The van der Waals surface area contributed by atoms with Crippen LogP contribution in [0.1, 0.15) is 31.2 Å². The molecule has 0 saturated heterocycles. The Morgan fingerprint density at radius 2 is 1.91 bits per heavy atom. The molecule has 0 saturated carbocycles. The van der Waals surface area contributed by atoms with E-state index in [0.717, 1.165) is 11.6 Å². The average Bonchev–Trinajstić information content (AvgIpc) is 2.49. The van der Waals surface area contributed by atoms with Crippen LogP contribution in [0.3, 0.4) is 0 Å². The van der Waals surface area contributed by atoms with Crippen LogP contribution in [0.4, 0.5) is 11.6 Å². The molecule has 7 nitrogen and oxygen atoms in total. The number of anilines is 2.